The third-order valence-corrected chi connectivity index (χ3v) is 3.61. The minimum Gasteiger partial charge on any atom is -0.396 e. The average Bonchev–Trinajstić information content (AvgIpc) is 2.47. The molecule has 2 amide bonds. The van der Waals surface area contributed by atoms with E-state index < -0.39 is 11.8 Å². The lowest BCUT2D eigenvalue weighted by atomic mass is 9.89. The van der Waals surface area contributed by atoms with Gasteiger partial charge in [0.25, 0.3) is 0 Å². The summed E-state index contributed by atoms with van der Waals surface area (Å²) >= 11 is 0. The zero-order chi connectivity index (χ0) is 16.3. The number of benzene rings is 2. The molecule has 0 spiro atoms. The summed E-state index contributed by atoms with van der Waals surface area (Å²) in [5, 5.41) is 9.29. The lowest BCUT2D eigenvalue weighted by molar-refractivity contribution is 0.0991. The van der Waals surface area contributed by atoms with Crippen molar-refractivity contribution in [1.29, 1.82) is 0 Å². The molecular formula is C17H18N2O3. The van der Waals surface area contributed by atoms with Crippen LogP contribution in [0.15, 0.2) is 36.4 Å². The predicted octanol–water partition coefficient (Wildman–Crippen LogP) is 1.39. The van der Waals surface area contributed by atoms with Crippen LogP contribution in [-0.4, -0.2) is 23.5 Å². The fourth-order valence-corrected chi connectivity index (χ4v) is 2.57. The fourth-order valence-electron chi connectivity index (χ4n) is 2.57. The molecule has 0 saturated carbocycles. The Morgan fingerprint density at radius 1 is 1.00 bits per heavy atom. The van der Waals surface area contributed by atoms with Crippen LogP contribution in [0.1, 0.15) is 31.8 Å². The predicted molar refractivity (Wildman–Crippen MR) is 84.4 cm³/mol. The number of aryl methyl sites for hydroxylation is 1. The molecule has 2 aromatic rings. The van der Waals surface area contributed by atoms with Crippen LogP contribution in [0.3, 0.4) is 0 Å². The van der Waals surface area contributed by atoms with Gasteiger partial charge < -0.3 is 16.6 Å². The Balaban J connectivity index is 2.64. The Hall–Kier alpha value is -2.66. The van der Waals surface area contributed by atoms with Crippen LogP contribution in [0.25, 0.3) is 11.1 Å². The maximum Gasteiger partial charge on any atom is 0.248 e. The second-order valence-corrected chi connectivity index (χ2v) is 5.06. The Kier molecular flexibility index (Phi) is 4.58. The van der Waals surface area contributed by atoms with E-state index in [2.05, 4.69) is 0 Å². The van der Waals surface area contributed by atoms with E-state index in [0.717, 1.165) is 16.7 Å². The van der Waals surface area contributed by atoms with Gasteiger partial charge in [0.2, 0.25) is 11.8 Å². The van der Waals surface area contributed by atoms with Gasteiger partial charge in [0.1, 0.15) is 0 Å². The van der Waals surface area contributed by atoms with E-state index >= 15 is 0 Å². The first-order chi connectivity index (χ1) is 10.5. The second-order valence-electron chi connectivity index (χ2n) is 5.06. The largest absolute Gasteiger partial charge is 0.396 e. The maximum atomic E-state index is 11.6. The number of aliphatic hydroxyl groups excluding tert-OH is 1. The van der Waals surface area contributed by atoms with Crippen LogP contribution >= 0.6 is 0 Å². The number of primary amides is 2. The van der Waals surface area contributed by atoms with Crippen molar-refractivity contribution < 1.29 is 14.7 Å². The first kappa shape index (κ1) is 15.7. The number of nitrogens with two attached hydrogens (primary N) is 2. The Morgan fingerprint density at radius 3 is 2.14 bits per heavy atom. The van der Waals surface area contributed by atoms with E-state index in [-0.39, 0.29) is 6.61 Å². The van der Waals surface area contributed by atoms with Crippen molar-refractivity contribution in [3.8, 4) is 11.1 Å². The third kappa shape index (κ3) is 2.99. The van der Waals surface area contributed by atoms with E-state index in [1.54, 1.807) is 30.3 Å². The van der Waals surface area contributed by atoms with Crippen LogP contribution in [-0.2, 0) is 6.42 Å². The molecule has 0 bridgehead atoms. The topological polar surface area (TPSA) is 106 Å². The summed E-state index contributed by atoms with van der Waals surface area (Å²) < 4.78 is 0. The first-order valence-electron chi connectivity index (χ1n) is 6.89. The summed E-state index contributed by atoms with van der Waals surface area (Å²) in [5.74, 6) is -1.02. The number of aliphatic hydroxyl groups is 1. The minimum absolute atomic E-state index is 0.0872. The van der Waals surface area contributed by atoms with Gasteiger partial charge in [-0.2, -0.15) is 0 Å². The number of carbonyl (C=O) groups excluding carboxylic acids is 2. The molecule has 5 nitrogen and oxygen atoms in total. The molecule has 0 aliphatic rings. The highest BCUT2D eigenvalue weighted by atomic mass is 16.3. The van der Waals surface area contributed by atoms with Gasteiger partial charge >= 0.3 is 0 Å². The van der Waals surface area contributed by atoms with Crippen molar-refractivity contribution in [2.45, 2.75) is 13.3 Å². The highest BCUT2D eigenvalue weighted by molar-refractivity contribution is 5.97. The van der Waals surface area contributed by atoms with Crippen molar-refractivity contribution >= 4 is 11.8 Å². The molecule has 0 fully saturated rings. The lowest BCUT2D eigenvalue weighted by Crippen LogP contribution is -2.16. The summed E-state index contributed by atoms with van der Waals surface area (Å²) in [6.07, 6.45) is 0.326. The van der Waals surface area contributed by atoms with E-state index in [1.165, 1.54) is 0 Å². The summed E-state index contributed by atoms with van der Waals surface area (Å²) in [4.78, 5) is 22.8. The Morgan fingerprint density at radius 2 is 1.64 bits per heavy atom. The summed E-state index contributed by atoms with van der Waals surface area (Å²) in [6.45, 7) is 1.83. The van der Waals surface area contributed by atoms with Crippen molar-refractivity contribution in [3.63, 3.8) is 0 Å². The average molecular weight is 298 g/mol. The molecule has 2 rings (SSSR count). The van der Waals surface area contributed by atoms with Gasteiger partial charge in [-0.05, 0) is 53.8 Å². The van der Waals surface area contributed by atoms with Crippen LogP contribution in [0.4, 0.5) is 0 Å². The third-order valence-electron chi connectivity index (χ3n) is 3.61. The van der Waals surface area contributed by atoms with Gasteiger partial charge in [-0.3, -0.25) is 9.59 Å². The summed E-state index contributed by atoms with van der Waals surface area (Å²) in [6, 6.07) is 10.3. The molecule has 114 valence electrons. The maximum absolute atomic E-state index is 11.6. The van der Waals surface area contributed by atoms with Crippen molar-refractivity contribution in [3.05, 3.63) is 58.7 Å². The molecule has 0 radical (unpaired) electrons. The van der Waals surface area contributed by atoms with Gasteiger partial charge in [-0.1, -0.05) is 18.2 Å². The normalized spacial score (nSPS) is 10.5. The molecule has 2 aromatic carbocycles. The van der Waals surface area contributed by atoms with E-state index in [0.29, 0.717) is 23.1 Å². The highest BCUT2D eigenvalue weighted by Gasteiger charge is 2.16. The number of amides is 2. The summed E-state index contributed by atoms with van der Waals surface area (Å²) in [7, 11) is 0. The van der Waals surface area contributed by atoms with Crippen LogP contribution in [0.5, 0.6) is 0 Å². The van der Waals surface area contributed by atoms with Gasteiger partial charge in [0.15, 0.2) is 0 Å². The zero-order valence-electron chi connectivity index (χ0n) is 12.3. The number of hydrogen-bond acceptors (Lipinski definition) is 3. The number of rotatable bonds is 5. The molecule has 0 aliphatic heterocycles. The van der Waals surface area contributed by atoms with Crippen LogP contribution in [0.2, 0.25) is 0 Å². The number of carbonyl (C=O) groups is 2. The monoisotopic (exact) mass is 298 g/mol. The smallest absolute Gasteiger partial charge is 0.248 e. The number of hydrogen-bond donors (Lipinski definition) is 3. The molecule has 0 heterocycles. The van der Waals surface area contributed by atoms with E-state index in [9.17, 15) is 14.7 Å². The standard InChI is InChI=1S/C17H18N2O3/c1-10-2-7-14(17(19)22)13(8-9-20)15(10)11-3-5-12(6-4-11)16(18)21/h2-7,20H,8-9H2,1H3,(H2,18,21)(H2,19,22). The van der Waals surface area contributed by atoms with Crippen LogP contribution in [0, 0.1) is 6.92 Å². The fraction of sp³-hybridized carbons (Fsp3) is 0.176. The molecule has 5 heteroatoms. The van der Waals surface area contributed by atoms with Crippen LogP contribution < -0.4 is 11.5 Å². The quantitative estimate of drug-likeness (QED) is 0.776. The molecule has 0 aliphatic carbocycles. The molecule has 0 saturated heterocycles. The molecular weight excluding hydrogens is 280 g/mol. The van der Waals surface area contributed by atoms with Gasteiger partial charge in [0, 0.05) is 17.7 Å². The first-order valence-corrected chi connectivity index (χ1v) is 6.89. The molecule has 0 atom stereocenters. The zero-order valence-corrected chi connectivity index (χ0v) is 12.3. The van der Waals surface area contributed by atoms with Crippen molar-refractivity contribution in [2.24, 2.45) is 11.5 Å². The van der Waals surface area contributed by atoms with Gasteiger partial charge in [0.05, 0.1) is 0 Å². The molecule has 22 heavy (non-hydrogen) atoms. The Labute approximate surface area is 128 Å². The minimum atomic E-state index is -0.529. The summed E-state index contributed by atoms with van der Waals surface area (Å²) in [5.41, 5.74) is 14.8. The van der Waals surface area contributed by atoms with E-state index in [1.807, 2.05) is 13.0 Å². The van der Waals surface area contributed by atoms with Gasteiger partial charge in [-0.25, -0.2) is 0 Å². The molecule has 5 N–H and O–H groups in total. The second kappa shape index (κ2) is 6.41. The highest BCUT2D eigenvalue weighted by Crippen LogP contribution is 2.30. The molecule has 0 unspecified atom stereocenters. The van der Waals surface area contributed by atoms with E-state index in [4.69, 9.17) is 11.5 Å². The van der Waals surface area contributed by atoms with Crippen molar-refractivity contribution in [1.82, 2.24) is 0 Å². The van der Waals surface area contributed by atoms with Crippen molar-refractivity contribution in [2.75, 3.05) is 6.61 Å². The van der Waals surface area contributed by atoms with Gasteiger partial charge in [-0.15, -0.1) is 0 Å². The lowest BCUT2D eigenvalue weighted by Gasteiger charge is -2.16. The SMILES string of the molecule is Cc1ccc(C(N)=O)c(CCO)c1-c1ccc(C(N)=O)cc1. The Bertz CT molecular complexity index is 721. The molecule has 0 aromatic heterocycles.